The van der Waals surface area contributed by atoms with Gasteiger partial charge >= 0.3 is 0 Å². The molecule has 5 heteroatoms. The van der Waals surface area contributed by atoms with Crippen molar-refractivity contribution in [3.63, 3.8) is 0 Å². The van der Waals surface area contributed by atoms with Crippen LogP contribution >= 0.6 is 11.6 Å². The lowest BCUT2D eigenvalue weighted by atomic mass is 10.2. The van der Waals surface area contributed by atoms with E-state index in [-0.39, 0.29) is 24.8 Å². The number of nitrogens with one attached hydrogen (secondary N) is 2. The number of anilines is 1. The van der Waals surface area contributed by atoms with Crippen molar-refractivity contribution in [2.45, 2.75) is 6.42 Å². The van der Waals surface area contributed by atoms with Crippen molar-refractivity contribution in [1.29, 1.82) is 0 Å². The van der Waals surface area contributed by atoms with E-state index in [1.54, 1.807) is 48.5 Å². The van der Waals surface area contributed by atoms with E-state index < -0.39 is 0 Å². The number of carbonyl (C=O) groups is 2. The summed E-state index contributed by atoms with van der Waals surface area (Å²) in [5.41, 5.74) is 1.22. The number of rotatable bonds is 5. The highest BCUT2D eigenvalue weighted by Crippen LogP contribution is 2.14. The van der Waals surface area contributed by atoms with Crippen LogP contribution in [-0.4, -0.2) is 18.4 Å². The SMILES string of the molecule is O=C(CCNC(=O)c1ccccc1)Nc1cccc(Cl)c1. The molecule has 2 aromatic carbocycles. The predicted molar refractivity (Wildman–Crippen MR) is 83.5 cm³/mol. The first-order valence-electron chi connectivity index (χ1n) is 6.54. The maximum Gasteiger partial charge on any atom is 0.251 e. The first-order chi connectivity index (χ1) is 10.1. The molecule has 0 aromatic heterocycles. The van der Waals surface area contributed by atoms with Gasteiger partial charge in [-0.25, -0.2) is 0 Å². The van der Waals surface area contributed by atoms with Gasteiger partial charge in [-0.05, 0) is 30.3 Å². The van der Waals surface area contributed by atoms with Crippen LogP contribution in [-0.2, 0) is 4.79 Å². The molecule has 2 rings (SSSR count). The fourth-order valence-corrected chi connectivity index (χ4v) is 1.96. The third-order valence-electron chi connectivity index (χ3n) is 2.78. The summed E-state index contributed by atoms with van der Waals surface area (Å²) >= 11 is 5.83. The Balaban J connectivity index is 1.76. The molecular formula is C16H15ClN2O2. The molecule has 2 N–H and O–H groups in total. The molecule has 21 heavy (non-hydrogen) atoms. The van der Waals surface area contributed by atoms with Gasteiger partial charge in [0.05, 0.1) is 0 Å². The van der Waals surface area contributed by atoms with Crippen molar-refractivity contribution in [1.82, 2.24) is 5.32 Å². The maximum absolute atomic E-state index is 11.8. The normalized spacial score (nSPS) is 9.95. The highest BCUT2D eigenvalue weighted by Gasteiger charge is 2.06. The molecule has 0 saturated heterocycles. The van der Waals surface area contributed by atoms with E-state index >= 15 is 0 Å². The number of amides is 2. The molecule has 0 aliphatic rings. The summed E-state index contributed by atoms with van der Waals surface area (Å²) in [4.78, 5) is 23.5. The monoisotopic (exact) mass is 302 g/mol. The minimum Gasteiger partial charge on any atom is -0.352 e. The first-order valence-corrected chi connectivity index (χ1v) is 6.91. The molecule has 0 radical (unpaired) electrons. The molecule has 0 bridgehead atoms. The van der Waals surface area contributed by atoms with Crippen LogP contribution in [0.2, 0.25) is 5.02 Å². The second-order valence-corrected chi connectivity index (χ2v) is 4.87. The zero-order valence-corrected chi connectivity index (χ0v) is 12.1. The summed E-state index contributed by atoms with van der Waals surface area (Å²) in [6, 6.07) is 15.8. The van der Waals surface area contributed by atoms with Crippen LogP contribution < -0.4 is 10.6 Å². The van der Waals surface area contributed by atoms with Crippen molar-refractivity contribution < 1.29 is 9.59 Å². The van der Waals surface area contributed by atoms with Gasteiger partial charge in [-0.2, -0.15) is 0 Å². The summed E-state index contributed by atoms with van der Waals surface area (Å²) in [5, 5.41) is 5.98. The van der Waals surface area contributed by atoms with E-state index in [9.17, 15) is 9.59 Å². The van der Waals surface area contributed by atoms with Gasteiger partial charge < -0.3 is 10.6 Å². The third-order valence-corrected chi connectivity index (χ3v) is 3.02. The highest BCUT2D eigenvalue weighted by molar-refractivity contribution is 6.30. The topological polar surface area (TPSA) is 58.2 Å². The Kier molecular flexibility index (Phi) is 5.35. The Morgan fingerprint density at radius 2 is 1.76 bits per heavy atom. The summed E-state index contributed by atoms with van der Waals surface area (Å²) in [5.74, 6) is -0.364. The smallest absolute Gasteiger partial charge is 0.251 e. The molecule has 0 aliphatic carbocycles. The largest absolute Gasteiger partial charge is 0.352 e. The second-order valence-electron chi connectivity index (χ2n) is 4.43. The van der Waals surface area contributed by atoms with Crippen molar-refractivity contribution in [2.24, 2.45) is 0 Å². The van der Waals surface area contributed by atoms with Gasteiger partial charge in [0.25, 0.3) is 5.91 Å². The van der Waals surface area contributed by atoms with Gasteiger partial charge in [-0.1, -0.05) is 35.9 Å². The van der Waals surface area contributed by atoms with Gasteiger partial charge in [0.2, 0.25) is 5.91 Å². The van der Waals surface area contributed by atoms with E-state index in [0.717, 1.165) is 0 Å². The van der Waals surface area contributed by atoms with Gasteiger partial charge in [0.1, 0.15) is 0 Å². The molecule has 0 unspecified atom stereocenters. The Morgan fingerprint density at radius 3 is 2.48 bits per heavy atom. The lowest BCUT2D eigenvalue weighted by molar-refractivity contribution is -0.116. The summed E-state index contributed by atoms with van der Waals surface area (Å²) in [7, 11) is 0. The lowest BCUT2D eigenvalue weighted by Gasteiger charge is -2.07. The fourth-order valence-electron chi connectivity index (χ4n) is 1.77. The predicted octanol–water partition coefficient (Wildman–Crippen LogP) is 3.10. The van der Waals surface area contributed by atoms with Crippen LogP contribution in [0.25, 0.3) is 0 Å². The van der Waals surface area contributed by atoms with Gasteiger partial charge in [0.15, 0.2) is 0 Å². The average molecular weight is 303 g/mol. The van der Waals surface area contributed by atoms with Crippen LogP contribution in [0.4, 0.5) is 5.69 Å². The molecule has 0 atom stereocenters. The molecule has 0 saturated carbocycles. The van der Waals surface area contributed by atoms with E-state index in [1.165, 1.54) is 0 Å². The maximum atomic E-state index is 11.8. The van der Waals surface area contributed by atoms with Crippen molar-refractivity contribution in [3.05, 3.63) is 65.2 Å². The Labute approximate surface area is 128 Å². The van der Waals surface area contributed by atoms with E-state index in [1.807, 2.05) is 6.07 Å². The number of hydrogen-bond acceptors (Lipinski definition) is 2. The van der Waals surface area contributed by atoms with E-state index in [2.05, 4.69) is 10.6 Å². The number of hydrogen-bond donors (Lipinski definition) is 2. The van der Waals surface area contributed by atoms with Crippen molar-refractivity contribution in [3.8, 4) is 0 Å². The molecule has 2 aromatic rings. The number of carbonyl (C=O) groups excluding carboxylic acids is 2. The zero-order chi connectivity index (χ0) is 15.1. The molecular weight excluding hydrogens is 288 g/mol. The molecule has 0 spiro atoms. The highest BCUT2D eigenvalue weighted by atomic mass is 35.5. The fraction of sp³-hybridized carbons (Fsp3) is 0.125. The van der Waals surface area contributed by atoms with Crippen LogP contribution in [0.1, 0.15) is 16.8 Å². The minimum atomic E-state index is -0.189. The quantitative estimate of drug-likeness (QED) is 0.891. The van der Waals surface area contributed by atoms with E-state index in [0.29, 0.717) is 16.3 Å². The van der Waals surface area contributed by atoms with Gasteiger partial charge in [-0.15, -0.1) is 0 Å². The van der Waals surface area contributed by atoms with Crippen molar-refractivity contribution in [2.75, 3.05) is 11.9 Å². The van der Waals surface area contributed by atoms with Crippen molar-refractivity contribution >= 4 is 29.1 Å². The Hall–Kier alpha value is -2.33. The molecule has 108 valence electrons. The van der Waals surface area contributed by atoms with Crippen LogP contribution in [0.3, 0.4) is 0 Å². The van der Waals surface area contributed by atoms with Crippen LogP contribution in [0, 0.1) is 0 Å². The standard InChI is InChI=1S/C16H15ClN2O2/c17-13-7-4-8-14(11-13)19-15(20)9-10-18-16(21)12-5-2-1-3-6-12/h1-8,11H,9-10H2,(H,18,21)(H,19,20). The first kappa shape index (κ1) is 15.1. The van der Waals surface area contributed by atoms with Crippen LogP contribution in [0.5, 0.6) is 0 Å². The van der Waals surface area contributed by atoms with Gasteiger partial charge in [-0.3, -0.25) is 9.59 Å². The molecule has 4 nitrogen and oxygen atoms in total. The molecule has 0 aliphatic heterocycles. The zero-order valence-electron chi connectivity index (χ0n) is 11.3. The third kappa shape index (κ3) is 4.93. The average Bonchev–Trinajstić information content (AvgIpc) is 2.48. The summed E-state index contributed by atoms with van der Waals surface area (Å²) < 4.78 is 0. The lowest BCUT2D eigenvalue weighted by Crippen LogP contribution is -2.27. The molecule has 0 heterocycles. The van der Waals surface area contributed by atoms with Gasteiger partial charge in [0, 0.05) is 29.2 Å². The number of halogens is 1. The molecule has 2 amide bonds. The number of benzene rings is 2. The Bertz CT molecular complexity index is 629. The molecule has 0 fully saturated rings. The summed E-state index contributed by atoms with van der Waals surface area (Å²) in [6.07, 6.45) is 0.199. The van der Waals surface area contributed by atoms with E-state index in [4.69, 9.17) is 11.6 Å². The Morgan fingerprint density at radius 1 is 1.00 bits per heavy atom. The minimum absolute atomic E-state index is 0.175. The van der Waals surface area contributed by atoms with Crippen LogP contribution in [0.15, 0.2) is 54.6 Å². The second kappa shape index (κ2) is 7.45. The summed E-state index contributed by atoms with van der Waals surface area (Å²) in [6.45, 7) is 0.278.